The lowest BCUT2D eigenvalue weighted by Gasteiger charge is -2.24. The minimum absolute atomic E-state index is 0.0632. The molecule has 35 heavy (non-hydrogen) atoms. The van der Waals surface area contributed by atoms with E-state index in [1.165, 1.54) is 23.8 Å². The zero-order chi connectivity index (χ0) is 25.3. The van der Waals surface area contributed by atoms with Gasteiger partial charge in [0.05, 0.1) is 40.5 Å². The van der Waals surface area contributed by atoms with Crippen LogP contribution in [0.1, 0.15) is 31.0 Å². The Bertz CT molecular complexity index is 1540. The molecule has 2 aromatic carbocycles. The second-order valence-corrected chi connectivity index (χ2v) is 8.57. The van der Waals surface area contributed by atoms with Gasteiger partial charge in [-0.3, -0.25) is 19.5 Å². The summed E-state index contributed by atoms with van der Waals surface area (Å²) in [5, 5.41) is 21.6. The number of allylic oxidation sites excluding steroid dienone is 1. The maximum Gasteiger partial charge on any atom is 0.338 e. The van der Waals surface area contributed by atoms with Gasteiger partial charge in [-0.1, -0.05) is 41.7 Å². The SMILES string of the molecule is CCOc1cc(C=c2sc3n(c2=O)C(c2ccccc2)C(C(=O)OC)=C(C)N=3)cc([N+](=O)[O-])c1O. The maximum absolute atomic E-state index is 13.6. The Morgan fingerprint density at radius 2 is 2.03 bits per heavy atom. The number of esters is 1. The normalized spacial score (nSPS) is 15.4. The fraction of sp³-hybridized carbons (Fsp3) is 0.208. The van der Waals surface area contributed by atoms with Crippen LogP contribution in [0, 0.1) is 10.1 Å². The number of rotatable bonds is 6. The average molecular weight is 496 g/mol. The van der Waals surface area contributed by atoms with Crippen LogP contribution in [0.2, 0.25) is 0 Å². The van der Waals surface area contributed by atoms with Crippen molar-refractivity contribution < 1.29 is 24.3 Å². The minimum atomic E-state index is -0.754. The standard InChI is InChI=1S/C24H21N3O7S/c1-4-34-17-11-14(10-16(21(17)28)27(31)32)12-18-22(29)26-20(15-8-6-5-7-9-15)19(23(30)33-3)13(2)25-24(26)35-18/h5-12,20,28H,4H2,1-3H3. The molecule has 2 heterocycles. The highest BCUT2D eigenvalue weighted by atomic mass is 32.1. The van der Waals surface area contributed by atoms with Crippen molar-refractivity contribution in [2.75, 3.05) is 13.7 Å². The monoisotopic (exact) mass is 495 g/mol. The molecule has 1 aromatic heterocycles. The fourth-order valence-electron chi connectivity index (χ4n) is 3.90. The lowest BCUT2D eigenvalue weighted by Crippen LogP contribution is -2.39. The lowest BCUT2D eigenvalue weighted by molar-refractivity contribution is -0.386. The number of methoxy groups -OCH3 is 1. The van der Waals surface area contributed by atoms with Gasteiger partial charge in [-0.05, 0) is 37.1 Å². The number of aromatic nitrogens is 1. The molecule has 10 nitrogen and oxygen atoms in total. The largest absolute Gasteiger partial charge is 0.500 e. The number of fused-ring (bicyclic) bond motifs is 1. The van der Waals surface area contributed by atoms with Crippen LogP contribution in [-0.4, -0.2) is 34.3 Å². The summed E-state index contributed by atoms with van der Waals surface area (Å²) in [6.07, 6.45) is 1.47. The fourth-order valence-corrected chi connectivity index (χ4v) is 4.94. The van der Waals surface area contributed by atoms with E-state index in [-0.39, 0.29) is 22.5 Å². The Morgan fingerprint density at radius 1 is 1.31 bits per heavy atom. The number of ether oxygens (including phenoxy) is 2. The summed E-state index contributed by atoms with van der Waals surface area (Å²) in [4.78, 5) is 41.7. The summed E-state index contributed by atoms with van der Waals surface area (Å²) >= 11 is 1.09. The van der Waals surface area contributed by atoms with Gasteiger partial charge in [0.15, 0.2) is 10.6 Å². The Balaban J connectivity index is 1.96. The third kappa shape index (κ3) is 4.33. The number of nitro benzene ring substituents is 1. The molecule has 4 rings (SSSR count). The number of hydrogen-bond donors (Lipinski definition) is 1. The molecular weight excluding hydrogens is 474 g/mol. The summed E-state index contributed by atoms with van der Waals surface area (Å²) in [6.45, 7) is 3.54. The predicted molar refractivity (Wildman–Crippen MR) is 128 cm³/mol. The van der Waals surface area contributed by atoms with Crippen molar-refractivity contribution in [1.29, 1.82) is 0 Å². The molecule has 1 atom stereocenters. The summed E-state index contributed by atoms with van der Waals surface area (Å²) in [5.74, 6) is -1.24. The quantitative estimate of drug-likeness (QED) is 0.315. The molecule has 1 N–H and O–H groups in total. The van der Waals surface area contributed by atoms with E-state index in [0.717, 1.165) is 17.4 Å². The van der Waals surface area contributed by atoms with E-state index >= 15 is 0 Å². The number of thiazole rings is 1. The second-order valence-electron chi connectivity index (χ2n) is 7.56. The van der Waals surface area contributed by atoms with Crippen LogP contribution < -0.4 is 19.6 Å². The van der Waals surface area contributed by atoms with Crippen LogP contribution >= 0.6 is 11.3 Å². The first kappa shape index (κ1) is 23.9. The number of phenolic OH excluding ortho intramolecular Hbond substituents is 1. The van der Waals surface area contributed by atoms with E-state index in [0.29, 0.717) is 21.6 Å². The first-order valence-corrected chi connectivity index (χ1v) is 11.4. The van der Waals surface area contributed by atoms with Crippen molar-refractivity contribution in [2.24, 2.45) is 4.99 Å². The van der Waals surface area contributed by atoms with Crippen molar-refractivity contribution in [1.82, 2.24) is 4.57 Å². The lowest BCUT2D eigenvalue weighted by atomic mass is 9.96. The zero-order valence-corrected chi connectivity index (χ0v) is 19.9. The molecule has 1 aliphatic heterocycles. The smallest absolute Gasteiger partial charge is 0.338 e. The van der Waals surface area contributed by atoms with Gasteiger partial charge in [-0.15, -0.1) is 0 Å². The summed E-state index contributed by atoms with van der Waals surface area (Å²) < 4.78 is 12.0. The van der Waals surface area contributed by atoms with Gasteiger partial charge in [0, 0.05) is 6.07 Å². The number of carbonyl (C=O) groups excluding carboxylic acids is 1. The minimum Gasteiger partial charge on any atom is -0.500 e. The van der Waals surface area contributed by atoms with Gasteiger partial charge in [0.2, 0.25) is 5.75 Å². The molecule has 0 fully saturated rings. The molecular formula is C24H21N3O7S. The highest BCUT2D eigenvalue weighted by Crippen LogP contribution is 2.37. The van der Waals surface area contributed by atoms with E-state index < -0.39 is 33.9 Å². The van der Waals surface area contributed by atoms with Crippen molar-refractivity contribution >= 4 is 29.1 Å². The van der Waals surface area contributed by atoms with E-state index in [1.807, 2.05) is 6.07 Å². The molecule has 0 spiro atoms. The van der Waals surface area contributed by atoms with Crippen molar-refractivity contribution in [2.45, 2.75) is 19.9 Å². The van der Waals surface area contributed by atoms with Gasteiger partial charge < -0.3 is 14.6 Å². The molecule has 0 aliphatic carbocycles. The molecule has 0 amide bonds. The van der Waals surface area contributed by atoms with Gasteiger partial charge in [0.25, 0.3) is 5.56 Å². The molecule has 0 saturated carbocycles. The number of aromatic hydroxyl groups is 1. The number of benzene rings is 2. The summed E-state index contributed by atoms with van der Waals surface area (Å²) in [6, 6.07) is 10.9. The third-order valence-corrected chi connectivity index (χ3v) is 6.40. The Labute approximate surface area is 202 Å². The first-order chi connectivity index (χ1) is 16.8. The number of nitrogens with zero attached hydrogens (tertiary/aromatic N) is 3. The zero-order valence-electron chi connectivity index (χ0n) is 19.0. The first-order valence-electron chi connectivity index (χ1n) is 10.6. The van der Waals surface area contributed by atoms with Gasteiger partial charge in [-0.2, -0.15) is 0 Å². The molecule has 0 saturated heterocycles. The molecule has 3 aromatic rings. The van der Waals surface area contributed by atoms with Crippen LogP contribution in [0.15, 0.2) is 63.5 Å². The highest BCUT2D eigenvalue weighted by molar-refractivity contribution is 7.07. The van der Waals surface area contributed by atoms with E-state index in [9.17, 15) is 24.8 Å². The topological polar surface area (TPSA) is 133 Å². The van der Waals surface area contributed by atoms with Crippen molar-refractivity contribution in [3.8, 4) is 11.5 Å². The Morgan fingerprint density at radius 3 is 2.66 bits per heavy atom. The van der Waals surface area contributed by atoms with Crippen LogP contribution in [0.4, 0.5) is 5.69 Å². The average Bonchev–Trinajstić information content (AvgIpc) is 3.14. The summed E-state index contributed by atoms with van der Waals surface area (Å²) in [7, 11) is 1.27. The molecule has 180 valence electrons. The Hall–Kier alpha value is -4.25. The number of hydrogen-bond acceptors (Lipinski definition) is 9. The number of phenols is 1. The van der Waals surface area contributed by atoms with E-state index in [4.69, 9.17) is 9.47 Å². The van der Waals surface area contributed by atoms with Gasteiger partial charge >= 0.3 is 11.7 Å². The summed E-state index contributed by atoms with van der Waals surface area (Å²) in [5.41, 5.74) is 0.706. The second kappa shape index (κ2) is 9.55. The molecule has 1 aliphatic rings. The van der Waals surface area contributed by atoms with Gasteiger partial charge in [-0.25, -0.2) is 9.79 Å². The molecule has 1 unspecified atom stereocenters. The highest BCUT2D eigenvalue weighted by Gasteiger charge is 2.33. The Kier molecular flexibility index (Phi) is 6.52. The van der Waals surface area contributed by atoms with Crippen molar-refractivity contribution in [3.63, 3.8) is 0 Å². The van der Waals surface area contributed by atoms with Crippen molar-refractivity contribution in [3.05, 3.63) is 94.7 Å². The molecule has 0 radical (unpaired) electrons. The van der Waals surface area contributed by atoms with Crippen LogP contribution in [0.25, 0.3) is 6.08 Å². The van der Waals surface area contributed by atoms with Crippen LogP contribution in [0.5, 0.6) is 11.5 Å². The maximum atomic E-state index is 13.6. The third-order valence-electron chi connectivity index (χ3n) is 5.41. The van der Waals surface area contributed by atoms with Gasteiger partial charge in [0.1, 0.15) is 0 Å². The van der Waals surface area contributed by atoms with Crippen LogP contribution in [-0.2, 0) is 9.53 Å². The molecule has 11 heteroatoms. The van der Waals surface area contributed by atoms with E-state index in [2.05, 4.69) is 4.99 Å². The van der Waals surface area contributed by atoms with E-state index in [1.54, 1.807) is 38.1 Å². The number of nitro groups is 1. The van der Waals surface area contributed by atoms with Crippen LogP contribution in [0.3, 0.4) is 0 Å². The number of carbonyl (C=O) groups is 1. The predicted octanol–water partition coefficient (Wildman–Crippen LogP) is 2.42. The molecule has 0 bridgehead atoms.